The van der Waals surface area contributed by atoms with Crippen molar-refractivity contribution in [3.05, 3.63) is 69.8 Å². The van der Waals surface area contributed by atoms with E-state index in [-0.39, 0.29) is 0 Å². The molecule has 116 valence electrons. The van der Waals surface area contributed by atoms with Crippen LogP contribution in [0.4, 0.5) is 10.5 Å². The lowest BCUT2D eigenvalue weighted by Crippen LogP contribution is -2.34. The van der Waals surface area contributed by atoms with E-state index in [1.165, 1.54) is 11.3 Å². The lowest BCUT2D eigenvalue weighted by Gasteiger charge is -2.08. The van der Waals surface area contributed by atoms with Crippen molar-refractivity contribution in [2.45, 2.75) is 0 Å². The molecule has 5 nitrogen and oxygen atoms in total. The van der Waals surface area contributed by atoms with Gasteiger partial charge in [-0.3, -0.25) is 0 Å². The first-order chi connectivity index (χ1) is 11.1. The van der Waals surface area contributed by atoms with Crippen molar-refractivity contribution in [3.8, 4) is 11.3 Å². The van der Waals surface area contributed by atoms with E-state index in [0.717, 1.165) is 16.9 Å². The molecule has 0 aliphatic heterocycles. The first-order valence-electron chi connectivity index (χ1n) is 6.76. The van der Waals surface area contributed by atoms with Gasteiger partial charge in [-0.15, -0.1) is 11.3 Å². The monoisotopic (exact) mass is 344 g/mol. The highest BCUT2D eigenvalue weighted by molar-refractivity contribution is 7.07. The Bertz CT molecular complexity index is 884. The number of hydrogen-bond acceptors (Lipinski definition) is 3. The van der Waals surface area contributed by atoms with E-state index in [9.17, 15) is 4.79 Å². The molecule has 0 bridgehead atoms. The fourth-order valence-corrected chi connectivity index (χ4v) is 3.04. The zero-order valence-electron chi connectivity index (χ0n) is 11.9. The summed E-state index contributed by atoms with van der Waals surface area (Å²) >= 11 is 7.29. The van der Waals surface area contributed by atoms with Crippen LogP contribution in [-0.4, -0.2) is 10.7 Å². The molecule has 7 heteroatoms. The van der Waals surface area contributed by atoms with E-state index in [0.29, 0.717) is 9.82 Å². The Balaban J connectivity index is 2.12. The van der Waals surface area contributed by atoms with Crippen LogP contribution in [0.25, 0.3) is 11.3 Å². The highest BCUT2D eigenvalue weighted by Gasteiger charge is 2.09. The average Bonchev–Trinajstić information content (AvgIpc) is 2.92. The van der Waals surface area contributed by atoms with Gasteiger partial charge in [0, 0.05) is 16.0 Å². The molecule has 0 aliphatic carbocycles. The van der Waals surface area contributed by atoms with Gasteiger partial charge in [-0.1, -0.05) is 41.9 Å². The first-order valence-corrected chi connectivity index (χ1v) is 8.02. The second kappa shape index (κ2) is 6.68. The maximum atomic E-state index is 11.3. The standard InChI is InChI=1S/C16H13ClN4OS/c17-12-6-8-13(9-7-12)19-16-21(20-15(18)22)14(10-23-16)11-4-2-1-3-5-11/h1-10H,(H3,18,20,22). The van der Waals surface area contributed by atoms with E-state index in [1.807, 2.05) is 35.7 Å². The molecule has 3 aromatic rings. The third kappa shape index (κ3) is 3.61. The first kappa shape index (κ1) is 15.3. The van der Waals surface area contributed by atoms with Gasteiger partial charge in [0.25, 0.3) is 0 Å². The Morgan fingerprint density at radius 3 is 2.48 bits per heavy atom. The lowest BCUT2D eigenvalue weighted by atomic mass is 10.2. The van der Waals surface area contributed by atoms with Crippen molar-refractivity contribution in [1.29, 1.82) is 0 Å². The zero-order valence-corrected chi connectivity index (χ0v) is 13.5. The van der Waals surface area contributed by atoms with Gasteiger partial charge in [-0.2, -0.15) is 0 Å². The molecule has 0 unspecified atom stereocenters. The van der Waals surface area contributed by atoms with Crippen LogP contribution in [0.2, 0.25) is 5.02 Å². The van der Waals surface area contributed by atoms with Crippen LogP contribution in [0, 0.1) is 0 Å². The summed E-state index contributed by atoms with van der Waals surface area (Å²) in [5.41, 5.74) is 10.4. The van der Waals surface area contributed by atoms with E-state index in [4.69, 9.17) is 17.3 Å². The molecule has 0 aliphatic rings. The molecule has 1 heterocycles. The molecule has 0 fully saturated rings. The molecular weight excluding hydrogens is 332 g/mol. The van der Waals surface area contributed by atoms with Gasteiger partial charge < -0.3 is 5.73 Å². The topological polar surface area (TPSA) is 72.4 Å². The molecule has 3 rings (SSSR count). The minimum absolute atomic E-state index is 0.602. The molecule has 23 heavy (non-hydrogen) atoms. The third-order valence-electron chi connectivity index (χ3n) is 3.05. The second-order valence-corrected chi connectivity index (χ2v) is 5.94. The summed E-state index contributed by atoms with van der Waals surface area (Å²) in [5.74, 6) is 0. The summed E-state index contributed by atoms with van der Waals surface area (Å²) in [7, 11) is 0. The molecule has 3 N–H and O–H groups in total. The Hall–Kier alpha value is -2.57. The number of hydrogen-bond donors (Lipinski definition) is 2. The van der Waals surface area contributed by atoms with Crippen LogP contribution >= 0.6 is 22.9 Å². The van der Waals surface area contributed by atoms with Crippen molar-refractivity contribution in [3.63, 3.8) is 0 Å². The number of primary amides is 1. The molecule has 0 spiro atoms. The van der Waals surface area contributed by atoms with Gasteiger partial charge in [0.2, 0.25) is 4.80 Å². The van der Waals surface area contributed by atoms with Crippen molar-refractivity contribution in [2.75, 3.05) is 5.43 Å². The lowest BCUT2D eigenvalue weighted by molar-refractivity contribution is 0.257. The molecule has 1 aromatic heterocycles. The summed E-state index contributed by atoms with van der Waals surface area (Å²) in [6.45, 7) is 0. The second-order valence-electron chi connectivity index (χ2n) is 4.67. The minimum Gasteiger partial charge on any atom is -0.350 e. The number of nitrogens with one attached hydrogen (secondary N) is 1. The fourth-order valence-electron chi connectivity index (χ4n) is 2.04. The summed E-state index contributed by atoms with van der Waals surface area (Å²) in [6.07, 6.45) is 0. The summed E-state index contributed by atoms with van der Waals surface area (Å²) in [6, 6.07) is 16.2. The number of rotatable bonds is 3. The van der Waals surface area contributed by atoms with Gasteiger partial charge in [-0.05, 0) is 24.3 Å². The number of nitrogens with zero attached hydrogens (tertiary/aromatic N) is 2. The predicted octanol–water partition coefficient (Wildman–Crippen LogP) is 3.72. The predicted molar refractivity (Wildman–Crippen MR) is 93.4 cm³/mol. The Labute approximate surface area is 141 Å². The largest absolute Gasteiger partial charge is 0.350 e. The molecule has 0 saturated heterocycles. The highest BCUT2D eigenvalue weighted by Crippen LogP contribution is 2.20. The highest BCUT2D eigenvalue weighted by atomic mass is 35.5. The average molecular weight is 345 g/mol. The number of benzene rings is 2. The maximum absolute atomic E-state index is 11.3. The number of halogens is 1. The molecule has 0 saturated carbocycles. The van der Waals surface area contributed by atoms with Crippen molar-refractivity contribution < 1.29 is 4.79 Å². The number of amides is 2. The van der Waals surface area contributed by atoms with E-state index in [1.54, 1.807) is 28.9 Å². The summed E-state index contributed by atoms with van der Waals surface area (Å²) in [5, 5.41) is 2.56. The number of carbonyl (C=O) groups is 1. The van der Waals surface area contributed by atoms with E-state index in [2.05, 4.69) is 10.4 Å². The fraction of sp³-hybridized carbons (Fsp3) is 0. The van der Waals surface area contributed by atoms with Gasteiger partial charge in [0.15, 0.2) is 0 Å². The normalized spacial score (nSPS) is 11.4. The van der Waals surface area contributed by atoms with Gasteiger partial charge in [0.1, 0.15) is 0 Å². The smallest absolute Gasteiger partial charge is 0.331 e. The molecule has 2 amide bonds. The van der Waals surface area contributed by atoms with Crippen LogP contribution in [0.15, 0.2) is 65.0 Å². The summed E-state index contributed by atoms with van der Waals surface area (Å²) < 4.78 is 1.58. The Morgan fingerprint density at radius 2 is 1.83 bits per heavy atom. The molecular formula is C16H13ClN4OS. The Morgan fingerprint density at radius 1 is 1.13 bits per heavy atom. The number of thiazole rings is 1. The van der Waals surface area contributed by atoms with Gasteiger partial charge in [0.05, 0.1) is 11.4 Å². The van der Waals surface area contributed by atoms with Crippen molar-refractivity contribution in [2.24, 2.45) is 10.7 Å². The van der Waals surface area contributed by atoms with Crippen molar-refractivity contribution >= 4 is 34.7 Å². The quantitative estimate of drug-likeness (QED) is 0.746. The number of urea groups is 1. The molecule has 2 aromatic carbocycles. The van der Waals surface area contributed by atoms with Gasteiger partial charge in [-0.25, -0.2) is 19.9 Å². The molecule has 0 atom stereocenters. The van der Waals surface area contributed by atoms with Crippen LogP contribution in [0.1, 0.15) is 0 Å². The van der Waals surface area contributed by atoms with E-state index < -0.39 is 6.03 Å². The van der Waals surface area contributed by atoms with Crippen LogP contribution in [0.5, 0.6) is 0 Å². The van der Waals surface area contributed by atoms with Crippen LogP contribution < -0.4 is 16.0 Å². The van der Waals surface area contributed by atoms with E-state index >= 15 is 0 Å². The Kier molecular flexibility index (Phi) is 4.45. The number of carbonyl (C=O) groups excluding carboxylic acids is 1. The minimum atomic E-state index is -0.655. The number of nitrogens with two attached hydrogens (primary N) is 1. The van der Waals surface area contributed by atoms with Gasteiger partial charge >= 0.3 is 6.03 Å². The zero-order chi connectivity index (χ0) is 16.2. The van der Waals surface area contributed by atoms with Crippen molar-refractivity contribution in [1.82, 2.24) is 4.68 Å². The SMILES string of the molecule is NC(=O)Nn1c(-c2ccccc2)csc1=Nc1ccc(Cl)cc1. The molecule has 0 radical (unpaired) electrons. The third-order valence-corrected chi connectivity index (χ3v) is 4.13. The number of aromatic nitrogens is 1. The summed E-state index contributed by atoms with van der Waals surface area (Å²) in [4.78, 5) is 16.5. The van der Waals surface area contributed by atoms with Crippen LogP contribution in [-0.2, 0) is 0 Å². The maximum Gasteiger partial charge on any atom is 0.331 e. The van der Waals surface area contributed by atoms with Crippen LogP contribution in [0.3, 0.4) is 0 Å².